The Hall–Kier alpha value is -1.01. The number of hydrogen-bond acceptors (Lipinski definition) is 2. The second-order valence-corrected chi connectivity index (χ2v) is 3.36. The highest BCUT2D eigenvalue weighted by molar-refractivity contribution is 5.82. The molecule has 0 saturated carbocycles. The molecule has 1 saturated heterocycles. The van der Waals surface area contributed by atoms with Gasteiger partial charge in [-0.25, -0.2) is 0 Å². The number of rotatable bonds is 3. The van der Waals surface area contributed by atoms with Crippen LogP contribution in [0.3, 0.4) is 0 Å². The number of carbonyl (C=O) groups is 1. The van der Waals surface area contributed by atoms with Crippen LogP contribution in [0.2, 0.25) is 0 Å². The van der Waals surface area contributed by atoms with Crippen LogP contribution in [-0.2, 0) is 4.79 Å². The zero-order valence-electron chi connectivity index (χ0n) is 8.05. The minimum Gasteiger partial charge on any atom is -0.344 e. The first-order chi connectivity index (χ1) is 6.25. The first-order valence-corrected chi connectivity index (χ1v) is 4.67. The van der Waals surface area contributed by atoms with Crippen molar-refractivity contribution >= 4 is 5.91 Å². The molecular weight excluding hydrogens is 164 g/mol. The van der Waals surface area contributed by atoms with E-state index in [-0.39, 0.29) is 11.9 Å². The van der Waals surface area contributed by atoms with Crippen LogP contribution in [0.4, 0.5) is 0 Å². The molecular formula is C10H16N2O. The van der Waals surface area contributed by atoms with E-state index in [0.717, 1.165) is 25.9 Å². The van der Waals surface area contributed by atoms with Crippen molar-refractivity contribution in [2.45, 2.75) is 25.3 Å². The fourth-order valence-corrected chi connectivity index (χ4v) is 1.54. The minimum atomic E-state index is -0.00731. The summed E-state index contributed by atoms with van der Waals surface area (Å²) < 4.78 is 0. The Morgan fingerprint density at radius 1 is 1.77 bits per heavy atom. The van der Waals surface area contributed by atoms with Crippen molar-refractivity contribution in [2.75, 3.05) is 20.1 Å². The van der Waals surface area contributed by atoms with Gasteiger partial charge in [-0.1, -0.05) is 0 Å². The van der Waals surface area contributed by atoms with Gasteiger partial charge in [-0.2, -0.15) is 0 Å². The zero-order valence-corrected chi connectivity index (χ0v) is 8.05. The van der Waals surface area contributed by atoms with E-state index >= 15 is 0 Å². The Morgan fingerprint density at radius 3 is 3.23 bits per heavy atom. The smallest absolute Gasteiger partial charge is 0.239 e. The Bertz CT molecular complexity index is 219. The van der Waals surface area contributed by atoms with Crippen LogP contribution in [0, 0.1) is 12.3 Å². The Kier molecular flexibility index (Phi) is 3.78. The van der Waals surface area contributed by atoms with E-state index in [2.05, 4.69) is 11.2 Å². The molecule has 3 nitrogen and oxygen atoms in total. The molecule has 1 heterocycles. The van der Waals surface area contributed by atoms with Crippen LogP contribution < -0.4 is 5.32 Å². The van der Waals surface area contributed by atoms with Crippen molar-refractivity contribution in [3.8, 4) is 12.3 Å². The molecule has 0 aliphatic carbocycles. The number of carbonyl (C=O) groups excluding carboxylic acids is 1. The largest absolute Gasteiger partial charge is 0.344 e. The number of piperidine rings is 1. The molecule has 1 fully saturated rings. The summed E-state index contributed by atoms with van der Waals surface area (Å²) >= 11 is 0. The maximum Gasteiger partial charge on any atom is 0.239 e. The summed E-state index contributed by atoms with van der Waals surface area (Å²) in [5.41, 5.74) is 0. The lowest BCUT2D eigenvalue weighted by Gasteiger charge is -2.29. The van der Waals surface area contributed by atoms with Gasteiger partial charge in [-0.3, -0.25) is 4.79 Å². The van der Waals surface area contributed by atoms with Crippen molar-refractivity contribution in [3.05, 3.63) is 0 Å². The molecule has 1 atom stereocenters. The highest BCUT2D eigenvalue weighted by Crippen LogP contribution is 2.09. The predicted octanol–water partition coefficient (Wildman–Crippen LogP) is 0.220. The quantitative estimate of drug-likeness (QED) is 0.498. The van der Waals surface area contributed by atoms with Crippen LogP contribution in [0.25, 0.3) is 0 Å². The number of amides is 1. The van der Waals surface area contributed by atoms with Crippen molar-refractivity contribution < 1.29 is 4.79 Å². The van der Waals surface area contributed by atoms with Gasteiger partial charge in [0.15, 0.2) is 0 Å². The predicted molar refractivity (Wildman–Crippen MR) is 52.1 cm³/mol. The molecule has 1 rings (SSSR count). The summed E-state index contributed by atoms with van der Waals surface area (Å²) in [5.74, 6) is 2.74. The molecule has 3 heteroatoms. The normalized spacial score (nSPS) is 22.9. The van der Waals surface area contributed by atoms with Gasteiger partial charge in [0, 0.05) is 26.6 Å². The minimum absolute atomic E-state index is 0.00731. The second-order valence-electron chi connectivity index (χ2n) is 3.36. The number of likely N-dealkylation sites (N-methyl/N-ethyl adjacent to an activating group) is 1. The Labute approximate surface area is 79.5 Å². The van der Waals surface area contributed by atoms with E-state index in [1.54, 1.807) is 4.90 Å². The highest BCUT2D eigenvalue weighted by Gasteiger charge is 2.24. The highest BCUT2D eigenvalue weighted by atomic mass is 16.2. The van der Waals surface area contributed by atoms with E-state index in [9.17, 15) is 4.79 Å². The lowest BCUT2D eigenvalue weighted by Crippen LogP contribution is -2.49. The third kappa shape index (κ3) is 2.74. The molecule has 1 aliphatic rings. The standard InChI is InChI=1S/C10H16N2O/c1-3-4-7-11-9-6-5-8-12(2)10(9)13/h1,9,11H,4-8H2,2H3. The molecule has 1 unspecified atom stereocenters. The zero-order chi connectivity index (χ0) is 9.68. The first-order valence-electron chi connectivity index (χ1n) is 4.67. The number of hydrogen-bond donors (Lipinski definition) is 1. The van der Waals surface area contributed by atoms with E-state index < -0.39 is 0 Å². The third-order valence-corrected chi connectivity index (χ3v) is 2.32. The lowest BCUT2D eigenvalue weighted by atomic mass is 10.1. The molecule has 0 aromatic carbocycles. The van der Waals surface area contributed by atoms with Crippen molar-refractivity contribution in [1.29, 1.82) is 0 Å². The van der Waals surface area contributed by atoms with Gasteiger partial charge < -0.3 is 10.2 Å². The van der Waals surface area contributed by atoms with E-state index in [0.29, 0.717) is 6.42 Å². The van der Waals surface area contributed by atoms with E-state index in [1.807, 2.05) is 7.05 Å². The van der Waals surface area contributed by atoms with Crippen molar-refractivity contribution in [2.24, 2.45) is 0 Å². The van der Waals surface area contributed by atoms with Crippen LogP contribution in [0.15, 0.2) is 0 Å². The first kappa shape index (κ1) is 10.1. The molecule has 1 aliphatic heterocycles. The molecule has 1 amide bonds. The van der Waals surface area contributed by atoms with E-state index in [1.165, 1.54) is 0 Å². The van der Waals surface area contributed by atoms with Gasteiger partial charge in [-0.15, -0.1) is 12.3 Å². The molecule has 0 aromatic heterocycles. The number of terminal acetylenes is 1. The van der Waals surface area contributed by atoms with Crippen LogP contribution in [0.1, 0.15) is 19.3 Å². The maximum absolute atomic E-state index is 11.5. The molecule has 1 N–H and O–H groups in total. The summed E-state index contributed by atoms with van der Waals surface area (Å²) in [5, 5.41) is 3.17. The molecule has 13 heavy (non-hydrogen) atoms. The summed E-state index contributed by atoms with van der Waals surface area (Å²) in [7, 11) is 1.84. The van der Waals surface area contributed by atoms with Crippen LogP contribution in [0.5, 0.6) is 0 Å². The molecule has 0 aromatic rings. The summed E-state index contributed by atoms with van der Waals surface area (Å²) in [6.07, 6.45) is 7.83. The van der Waals surface area contributed by atoms with Gasteiger partial charge in [0.05, 0.1) is 6.04 Å². The van der Waals surface area contributed by atoms with E-state index in [4.69, 9.17) is 6.42 Å². The molecule has 0 bridgehead atoms. The Balaban J connectivity index is 2.32. The molecule has 0 spiro atoms. The average molecular weight is 180 g/mol. The molecule has 72 valence electrons. The third-order valence-electron chi connectivity index (χ3n) is 2.32. The SMILES string of the molecule is C#CCCNC1CCCN(C)C1=O. The number of likely N-dealkylation sites (tertiary alicyclic amines) is 1. The summed E-state index contributed by atoms with van der Waals surface area (Å²) in [4.78, 5) is 13.3. The average Bonchev–Trinajstić information content (AvgIpc) is 2.13. The second kappa shape index (κ2) is 4.88. The van der Waals surface area contributed by atoms with Gasteiger partial charge in [0.25, 0.3) is 0 Å². The van der Waals surface area contributed by atoms with Gasteiger partial charge in [0.1, 0.15) is 0 Å². The molecule has 0 radical (unpaired) electrons. The fourth-order valence-electron chi connectivity index (χ4n) is 1.54. The topological polar surface area (TPSA) is 32.3 Å². The van der Waals surface area contributed by atoms with Crippen LogP contribution in [-0.4, -0.2) is 37.0 Å². The van der Waals surface area contributed by atoms with Gasteiger partial charge >= 0.3 is 0 Å². The van der Waals surface area contributed by atoms with Crippen LogP contribution >= 0.6 is 0 Å². The summed E-state index contributed by atoms with van der Waals surface area (Å²) in [6.45, 7) is 1.62. The maximum atomic E-state index is 11.5. The van der Waals surface area contributed by atoms with Crippen molar-refractivity contribution in [3.63, 3.8) is 0 Å². The number of nitrogens with zero attached hydrogens (tertiary/aromatic N) is 1. The summed E-state index contributed by atoms with van der Waals surface area (Å²) in [6, 6.07) is -0.00731. The van der Waals surface area contributed by atoms with Gasteiger partial charge in [-0.05, 0) is 12.8 Å². The monoisotopic (exact) mass is 180 g/mol. The van der Waals surface area contributed by atoms with Crippen molar-refractivity contribution in [1.82, 2.24) is 10.2 Å². The lowest BCUT2D eigenvalue weighted by molar-refractivity contribution is -0.134. The fraction of sp³-hybridized carbons (Fsp3) is 0.700. The Morgan fingerprint density at radius 2 is 2.54 bits per heavy atom. The van der Waals surface area contributed by atoms with Gasteiger partial charge in [0.2, 0.25) is 5.91 Å². The number of nitrogens with one attached hydrogen (secondary N) is 1.